The second-order valence-electron chi connectivity index (χ2n) is 5.01. The van der Waals surface area contributed by atoms with Crippen LogP contribution in [0.2, 0.25) is 0 Å². The quantitative estimate of drug-likeness (QED) is 0.847. The van der Waals surface area contributed by atoms with E-state index < -0.39 is 0 Å². The Kier molecular flexibility index (Phi) is 5.79. The minimum Gasteiger partial charge on any atom is -0.467 e. The van der Waals surface area contributed by atoms with Crippen LogP contribution in [0, 0.1) is 0 Å². The minimum absolute atomic E-state index is 0.157. The van der Waals surface area contributed by atoms with E-state index in [4.69, 9.17) is 9.15 Å². The van der Waals surface area contributed by atoms with Gasteiger partial charge in [-0.15, -0.1) is 0 Å². The average Bonchev–Trinajstić information content (AvgIpc) is 3.09. The summed E-state index contributed by atoms with van der Waals surface area (Å²) in [4.78, 5) is 12.0. The Labute approximate surface area is 123 Å². The van der Waals surface area contributed by atoms with Gasteiger partial charge in [0.2, 0.25) is 0 Å². The van der Waals surface area contributed by atoms with E-state index in [1.54, 1.807) is 19.4 Å². The van der Waals surface area contributed by atoms with Crippen molar-refractivity contribution >= 4 is 17.8 Å². The van der Waals surface area contributed by atoms with Crippen molar-refractivity contribution in [3.8, 4) is 0 Å². The molecule has 0 radical (unpaired) electrons. The van der Waals surface area contributed by atoms with Gasteiger partial charge in [0.25, 0.3) is 0 Å². The van der Waals surface area contributed by atoms with Gasteiger partial charge in [-0.1, -0.05) is 0 Å². The van der Waals surface area contributed by atoms with Crippen LogP contribution in [0.25, 0.3) is 0 Å². The molecule has 2 N–H and O–H groups in total. The molecule has 1 aliphatic rings. The van der Waals surface area contributed by atoms with Crippen molar-refractivity contribution in [2.45, 2.75) is 36.6 Å². The van der Waals surface area contributed by atoms with Gasteiger partial charge in [0.15, 0.2) is 0 Å². The fourth-order valence-corrected chi connectivity index (χ4v) is 3.32. The van der Waals surface area contributed by atoms with Crippen LogP contribution in [0.15, 0.2) is 22.8 Å². The SMILES string of the molecule is COC[C@@H](NC(=O)N[C@@H]1CC[C@@H](SC)C1)c1ccco1. The van der Waals surface area contributed by atoms with Crippen LogP contribution in [-0.2, 0) is 4.74 Å². The van der Waals surface area contributed by atoms with Crippen molar-refractivity contribution in [2.75, 3.05) is 20.0 Å². The van der Waals surface area contributed by atoms with Crippen LogP contribution >= 0.6 is 11.8 Å². The van der Waals surface area contributed by atoms with E-state index in [0.29, 0.717) is 17.6 Å². The van der Waals surface area contributed by atoms with E-state index in [2.05, 4.69) is 16.9 Å². The number of nitrogens with one attached hydrogen (secondary N) is 2. The summed E-state index contributed by atoms with van der Waals surface area (Å²) in [6.45, 7) is 0.388. The third-order valence-corrected chi connectivity index (χ3v) is 4.67. The average molecular weight is 298 g/mol. The van der Waals surface area contributed by atoms with Gasteiger partial charge in [0.05, 0.1) is 12.9 Å². The molecule has 1 saturated carbocycles. The highest BCUT2D eigenvalue weighted by Crippen LogP contribution is 2.28. The summed E-state index contributed by atoms with van der Waals surface area (Å²) in [6, 6.07) is 3.50. The Hall–Kier alpha value is -1.14. The molecule has 1 aliphatic carbocycles. The molecule has 2 rings (SSSR count). The van der Waals surface area contributed by atoms with Crippen molar-refractivity contribution in [1.82, 2.24) is 10.6 Å². The molecule has 3 atom stereocenters. The van der Waals surface area contributed by atoms with Crippen LogP contribution in [0.1, 0.15) is 31.1 Å². The molecule has 2 amide bonds. The second kappa shape index (κ2) is 7.59. The normalized spacial score (nSPS) is 23.5. The monoisotopic (exact) mass is 298 g/mol. The number of hydrogen-bond donors (Lipinski definition) is 2. The number of furan rings is 1. The van der Waals surface area contributed by atoms with Gasteiger partial charge in [0, 0.05) is 18.4 Å². The topological polar surface area (TPSA) is 63.5 Å². The van der Waals surface area contributed by atoms with Crippen LogP contribution in [-0.4, -0.2) is 37.3 Å². The van der Waals surface area contributed by atoms with Crippen molar-refractivity contribution in [2.24, 2.45) is 0 Å². The molecular weight excluding hydrogens is 276 g/mol. The maximum Gasteiger partial charge on any atom is 0.315 e. The molecule has 5 nitrogen and oxygen atoms in total. The molecule has 1 aromatic heterocycles. The minimum atomic E-state index is -0.257. The van der Waals surface area contributed by atoms with Gasteiger partial charge >= 0.3 is 6.03 Å². The van der Waals surface area contributed by atoms with Crippen LogP contribution in [0.5, 0.6) is 0 Å². The van der Waals surface area contributed by atoms with Gasteiger partial charge in [-0.25, -0.2) is 4.79 Å². The first-order valence-corrected chi connectivity index (χ1v) is 8.14. The standard InChI is InChI=1S/C14H22N2O3S/c1-18-9-12(13-4-3-7-19-13)16-14(17)15-10-5-6-11(8-10)20-2/h3-4,7,10-12H,5-6,8-9H2,1-2H3,(H2,15,16,17)/t10-,11-,12-/m1/s1. The molecule has 0 unspecified atom stereocenters. The second-order valence-corrected chi connectivity index (χ2v) is 6.15. The van der Waals surface area contributed by atoms with E-state index in [1.165, 1.54) is 6.42 Å². The lowest BCUT2D eigenvalue weighted by Crippen LogP contribution is -2.43. The van der Waals surface area contributed by atoms with Gasteiger partial charge in [-0.2, -0.15) is 11.8 Å². The fourth-order valence-electron chi connectivity index (χ4n) is 2.52. The van der Waals surface area contributed by atoms with Gasteiger partial charge in [0.1, 0.15) is 11.8 Å². The lowest BCUT2D eigenvalue weighted by atomic mass is 10.2. The molecule has 1 heterocycles. The summed E-state index contributed by atoms with van der Waals surface area (Å²) in [6.07, 6.45) is 6.99. The number of carbonyl (C=O) groups is 1. The third kappa shape index (κ3) is 4.18. The fraction of sp³-hybridized carbons (Fsp3) is 0.643. The molecule has 0 aliphatic heterocycles. The van der Waals surface area contributed by atoms with Crippen LogP contribution in [0.4, 0.5) is 4.79 Å². The molecule has 0 saturated heterocycles. The van der Waals surface area contributed by atoms with Gasteiger partial charge in [-0.05, 0) is 37.7 Å². The smallest absolute Gasteiger partial charge is 0.315 e. The number of thioether (sulfide) groups is 1. The Bertz CT molecular complexity index is 411. The van der Waals surface area contributed by atoms with Crippen molar-refractivity contribution < 1.29 is 13.9 Å². The number of rotatable bonds is 6. The lowest BCUT2D eigenvalue weighted by Gasteiger charge is -2.19. The number of methoxy groups -OCH3 is 1. The lowest BCUT2D eigenvalue weighted by molar-refractivity contribution is 0.156. The van der Waals surface area contributed by atoms with Crippen LogP contribution in [0.3, 0.4) is 0 Å². The molecule has 20 heavy (non-hydrogen) atoms. The first-order chi connectivity index (χ1) is 9.72. The molecule has 0 spiro atoms. The Morgan fingerprint density at radius 3 is 3.05 bits per heavy atom. The Morgan fingerprint density at radius 2 is 2.45 bits per heavy atom. The summed E-state index contributed by atoms with van der Waals surface area (Å²) in [5.74, 6) is 0.704. The summed E-state index contributed by atoms with van der Waals surface area (Å²) in [5.41, 5.74) is 0. The third-order valence-electron chi connectivity index (χ3n) is 3.58. The summed E-state index contributed by atoms with van der Waals surface area (Å²) in [7, 11) is 1.61. The Balaban J connectivity index is 1.83. The first-order valence-electron chi connectivity index (χ1n) is 6.85. The number of hydrogen-bond acceptors (Lipinski definition) is 4. The van der Waals surface area contributed by atoms with E-state index in [1.807, 2.05) is 17.8 Å². The van der Waals surface area contributed by atoms with Crippen LogP contribution < -0.4 is 10.6 Å². The van der Waals surface area contributed by atoms with E-state index in [9.17, 15) is 4.79 Å². The van der Waals surface area contributed by atoms with E-state index in [-0.39, 0.29) is 18.1 Å². The molecule has 6 heteroatoms. The number of carbonyl (C=O) groups excluding carboxylic acids is 1. The summed E-state index contributed by atoms with van der Waals surface area (Å²) >= 11 is 1.88. The van der Waals surface area contributed by atoms with Crippen molar-refractivity contribution in [3.05, 3.63) is 24.2 Å². The number of amides is 2. The predicted molar refractivity (Wildman–Crippen MR) is 79.9 cm³/mol. The summed E-state index contributed by atoms with van der Waals surface area (Å²) < 4.78 is 10.5. The highest BCUT2D eigenvalue weighted by molar-refractivity contribution is 7.99. The summed E-state index contributed by atoms with van der Waals surface area (Å²) in [5, 5.41) is 6.60. The molecule has 112 valence electrons. The van der Waals surface area contributed by atoms with E-state index in [0.717, 1.165) is 12.8 Å². The number of ether oxygens (including phenoxy) is 1. The Morgan fingerprint density at radius 1 is 1.60 bits per heavy atom. The van der Waals surface area contributed by atoms with E-state index >= 15 is 0 Å². The maximum atomic E-state index is 12.0. The molecule has 1 fully saturated rings. The molecular formula is C14H22N2O3S. The highest BCUT2D eigenvalue weighted by atomic mass is 32.2. The maximum absolute atomic E-state index is 12.0. The van der Waals surface area contributed by atoms with Gasteiger partial charge in [-0.3, -0.25) is 0 Å². The zero-order chi connectivity index (χ0) is 14.4. The van der Waals surface area contributed by atoms with Crippen molar-refractivity contribution in [3.63, 3.8) is 0 Å². The molecule has 1 aromatic rings. The first kappa shape index (κ1) is 15.3. The van der Waals surface area contributed by atoms with Crippen molar-refractivity contribution in [1.29, 1.82) is 0 Å². The highest BCUT2D eigenvalue weighted by Gasteiger charge is 2.26. The largest absolute Gasteiger partial charge is 0.467 e. The van der Waals surface area contributed by atoms with Gasteiger partial charge < -0.3 is 19.8 Å². The molecule has 0 aromatic carbocycles. The molecule has 0 bridgehead atoms. The zero-order valence-corrected chi connectivity index (χ0v) is 12.7. The predicted octanol–water partition coefficient (Wildman–Crippen LogP) is 2.55. The number of urea groups is 1. The zero-order valence-electron chi connectivity index (χ0n) is 11.9.